The quantitative estimate of drug-likeness (QED) is 0.848. The Balaban J connectivity index is 1.35. The molecule has 2 aromatic rings. The van der Waals surface area contributed by atoms with Crippen LogP contribution in [-0.4, -0.2) is 47.8 Å². The number of fused-ring (bicyclic) bond motifs is 1. The molecule has 2 heterocycles. The molecule has 2 aliphatic heterocycles. The largest absolute Gasteiger partial charge is 0.486 e. The molecule has 0 bridgehead atoms. The second kappa shape index (κ2) is 7.48. The topological polar surface area (TPSA) is 80.2 Å². The van der Waals surface area contributed by atoms with Gasteiger partial charge in [0.05, 0.1) is 0 Å². The monoisotopic (exact) mass is 405 g/mol. The minimum absolute atomic E-state index is 0.0346. The third-order valence-electron chi connectivity index (χ3n) is 5.85. The van der Waals surface area contributed by atoms with E-state index in [9.17, 15) is 9.59 Å². The smallest absolute Gasteiger partial charge is 0.275 e. The molecule has 3 aliphatic rings. The van der Waals surface area contributed by atoms with Crippen LogP contribution in [0.3, 0.4) is 0 Å². The van der Waals surface area contributed by atoms with Crippen LogP contribution in [-0.2, 0) is 9.59 Å². The number of nitrogens with zero attached hydrogens (tertiary/aromatic N) is 2. The van der Waals surface area contributed by atoms with E-state index in [1.165, 1.54) is 0 Å². The van der Waals surface area contributed by atoms with Crippen molar-refractivity contribution >= 4 is 23.2 Å². The molecule has 7 heteroatoms. The van der Waals surface area contributed by atoms with Gasteiger partial charge in [-0.2, -0.15) is 0 Å². The van der Waals surface area contributed by atoms with Gasteiger partial charge in [-0.15, -0.1) is 0 Å². The van der Waals surface area contributed by atoms with Crippen LogP contribution >= 0.6 is 0 Å². The van der Waals surface area contributed by atoms with E-state index in [-0.39, 0.29) is 18.4 Å². The molecule has 1 saturated carbocycles. The minimum atomic E-state index is -0.605. The van der Waals surface area contributed by atoms with Crippen molar-refractivity contribution in [3.63, 3.8) is 0 Å². The second-order valence-corrected chi connectivity index (χ2v) is 7.81. The highest BCUT2D eigenvalue weighted by atomic mass is 16.6. The van der Waals surface area contributed by atoms with Crippen molar-refractivity contribution in [2.45, 2.75) is 31.3 Å². The lowest BCUT2D eigenvalue weighted by Crippen LogP contribution is -2.48. The number of benzene rings is 2. The Labute approximate surface area is 174 Å². The Morgan fingerprint density at radius 2 is 1.77 bits per heavy atom. The van der Waals surface area contributed by atoms with Crippen LogP contribution in [0.15, 0.2) is 53.5 Å². The maximum absolute atomic E-state index is 13.2. The van der Waals surface area contributed by atoms with Gasteiger partial charge in [0.1, 0.15) is 31.1 Å². The lowest BCUT2D eigenvalue weighted by molar-refractivity contribution is -0.132. The highest BCUT2D eigenvalue weighted by Gasteiger charge is 2.49. The van der Waals surface area contributed by atoms with Crippen LogP contribution in [0.4, 0.5) is 5.69 Å². The molecule has 1 fully saturated rings. The highest BCUT2D eigenvalue weighted by Crippen LogP contribution is 2.41. The molecule has 1 N–H and O–H groups in total. The Morgan fingerprint density at radius 1 is 1.03 bits per heavy atom. The van der Waals surface area contributed by atoms with Gasteiger partial charge in [-0.05, 0) is 37.8 Å². The molecule has 0 radical (unpaired) electrons. The number of carbonyl (C=O) groups excluding carboxylic acids is 2. The number of aliphatic imine (C=N–C) groups is 1. The molecule has 5 rings (SSSR count). The van der Waals surface area contributed by atoms with Crippen LogP contribution in [0.5, 0.6) is 11.5 Å². The zero-order chi connectivity index (χ0) is 20.6. The van der Waals surface area contributed by atoms with Crippen molar-refractivity contribution in [2.75, 3.05) is 25.1 Å². The summed E-state index contributed by atoms with van der Waals surface area (Å²) < 4.78 is 11.1. The van der Waals surface area contributed by atoms with Crippen molar-refractivity contribution in [2.24, 2.45) is 4.99 Å². The fourth-order valence-corrected chi connectivity index (χ4v) is 4.42. The van der Waals surface area contributed by atoms with Crippen LogP contribution in [0.2, 0.25) is 0 Å². The third kappa shape index (κ3) is 3.30. The Hall–Kier alpha value is -3.35. The summed E-state index contributed by atoms with van der Waals surface area (Å²) in [6.45, 7) is 0.962. The van der Waals surface area contributed by atoms with Crippen LogP contribution < -0.4 is 14.8 Å². The fraction of sp³-hybridized carbons (Fsp3) is 0.348. The first-order valence-corrected chi connectivity index (χ1v) is 10.3. The van der Waals surface area contributed by atoms with Crippen molar-refractivity contribution in [1.29, 1.82) is 0 Å². The zero-order valence-electron chi connectivity index (χ0n) is 16.6. The maximum Gasteiger partial charge on any atom is 0.275 e. The standard InChI is InChI=1S/C23H23N3O4/c27-20(24-17-8-9-18-19(14-17)30-13-12-29-18)15-26-22(28)21(16-6-2-1-3-7-16)25-23(26)10-4-5-11-23/h1-3,6-9,14H,4-5,10-13,15H2,(H,24,27). The van der Waals surface area contributed by atoms with E-state index in [2.05, 4.69) is 5.32 Å². The summed E-state index contributed by atoms with van der Waals surface area (Å²) in [6.07, 6.45) is 3.57. The van der Waals surface area contributed by atoms with Crippen LogP contribution in [0.25, 0.3) is 0 Å². The van der Waals surface area contributed by atoms with Crippen molar-refractivity contribution in [3.8, 4) is 11.5 Å². The van der Waals surface area contributed by atoms with Gasteiger partial charge >= 0.3 is 0 Å². The van der Waals surface area contributed by atoms with Gasteiger partial charge in [-0.3, -0.25) is 14.6 Å². The zero-order valence-corrected chi connectivity index (χ0v) is 16.6. The third-order valence-corrected chi connectivity index (χ3v) is 5.85. The summed E-state index contributed by atoms with van der Waals surface area (Å²) >= 11 is 0. The van der Waals surface area contributed by atoms with Crippen LogP contribution in [0, 0.1) is 0 Å². The maximum atomic E-state index is 13.2. The summed E-state index contributed by atoms with van der Waals surface area (Å²) in [6, 6.07) is 14.8. The van der Waals surface area contributed by atoms with Gasteiger partial charge in [-0.25, -0.2) is 0 Å². The van der Waals surface area contributed by atoms with E-state index in [0.717, 1.165) is 31.2 Å². The highest BCUT2D eigenvalue weighted by molar-refractivity contribution is 6.47. The molecule has 30 heavy (non-hydrogen) atoms. The molecular formula is C23H23N3O4. The summed E-state index contributed by atoms with van der Waals surface area (Å²) in [7, 11) is 0. The average Bonchev–Trinajstić information content (AvgIpc) is 3.35. The summed E-state index contributed by atoms with van der Waals surface area (Å²) in [5.74, 6) is 0.842. The van der Waals surface area contributed by atoms with Crippen molar-refractivity contribution < 1.29 is 19.1 Å². The number of amides is 2. The van der Waals surface area contributed by atoms with E-state index >= 15 is 0 Å². The summed E-state index contributed by atoms with van der Waals surface area (Å²) in [5.41, 5.74) is 1.25. The fourth-order valence-electron chi connectivity index (χ4n) is 4.42. The van der Waals surface area contributed by atoms with Gasteiger partial charge in [0, 0.05) is 17.3 Å². The van der Waals surface area contributed by atoms with Crippen LogP contribution in [0.1, 0.15) is 31.2 Å². The lowest BCUT2D eigenvalue weighted by atomic mass is 10.1. The number of nitrogens with one attached hydrogen (secondary N) is 1. The molecule has 1 aliphatic carbocycles. The van der Waals surface area contributed by atoms with Gasteiger partial charge in [0.15, 0.2) is 11.5 Å². The first kappa shape index (κ1) is 18.7. The average molecular weight is 405 g/mol. The SMILES string of the molecule is O=C(CN1C(=O)C(c2ccccc2)=NC12CCCC2)Nc1ccc2c(c1)OCCO2. The molecule has 0 unspecified atom stereocenters. The van der Waals surface area contributed by atoms with Gasteiger partial charge < -0.3 is 19.7 Å². The van der Waals surface area contributed by atoms with E-state index in [0.29, 0.717) is 36.1 Å². The van der Waals surface area contributed by atoms with Crippen molar-refractivity contribution in [1.82, 2.24) is 4.90 Å². The Bertz CT molecular complexity index is 1010. The number of hydrogen-bond donors (Lipinski definition) is 1. The number of hydrogen-bond acceptors (Lipinski definition) is 5. The Morgan fingerprint density at radius 3 is 2.53 bits per heavy atom. The predicted molar refractivity (Wildman–Crippen MR) is 112 cm³/mol. The van der Waals surface area contributed by atoms with Crippen molar-refractivity contribution in [3.05, 3.63) is 54.1 Å². The molecule has 7 nitrogen and oxygen atoms in total. The van der Waals surface area contributed by atoms with E-state index in [1.807, 2.05) is 30.3 Å². The van der Waals surface area contributed by atoms with Gasteiger partial charge in [0.25, 0.3) is 5.91 Å². The number of ether oxygens (including phenoxy) is 2. The van der Waals surface area contributed by atoms with Gasteiger partial charge in [0.2, 0.25) is 5.91 Å². The first-order valence-electron chi connectivity index (χ1n) is 10.3. The van der Waals surface area contributed by atoms with E-state index < -0.39 is 5.66 Å². The molecule has 2 aromatic carbocycles. The summed E-state index contributed by atoms with van der Waals surface area (Å²) in [4.78, 5) is 32.6. The normalized spacial score (nSPS) is 19.1. The Kier molecular flexibility index (Phi) is 4.65. The van der Waals surface area contributed by atoms with E-state index in [1.54, 1.807) is 23.1 Å². The van der Waals surface area contributed by atoms with E-state index in [4.69, 9.17) is 14.5 Å². The number of anilines is 1. The predicted octanol–water partition coefficient (Wildman–Crippen LogP) is 3.00. The summed E-state index contributed by atoms with van der Waals surface area (Å²) in [5, 5.41) is 2.88. The molecule has 1 spiro atoms. The second-order valence-electron chi connectivity index (χ2n) is 7.81. The molecule has 0 saturated heterocycles. The number of carbonyl (C=O) groups is 2. The molecular weight excluding hydrogens is 382 g/mol. The van der Waals surface area contributed by atoms with Gasteiger partial charge in [-0.1, -0.05) is 30.3 Å². The molecule has 0 aromatic heterocycles. The number of rotatable bonds is 4. The molecule has 0 atom stereocenters. The molecule has 2 amide bonds. The lowest BCUT2D eigenvalue weighted by Gasteiger charge is -2.32. The first-order chi connectivity index (χ1) is 14.6. The minimum Gasteiger partial charge on any atom is -0.486 e. The molecule has 154 valence electrons.